The molecule has 0 N–H and O–H groups in total. The minimum atomic E-state index is -3.69. The summed E-state index contributed by atoms with van der Waals surface area (Å²) in [5, 5.41) is 0. The molecule has 124 valence electrons. The number of sulfonamides is 1. The minimum absolute atomic E-state index is 0.146. The van der Waals surface area contributed by atoms with E-state index in [0.29, 0.717) is 18.8 Å². The van der Waals surface area contributed by atoms with Crippen molar-refractivity contribution < 1.29 is 17.9 Å². The highest BCUT2D eigenvalue weighted by Gasteiger charge is 2.26. The van der Waals surface area contributed by atoms with E-state index in [4.69, 9.17) is 4.74 Å². The number of ether oxygens (including phenoxy) is 1. The predicted molar refractivity (Wildman–Crippen MR) is 85.4 cm³/mol. The van der Waals surface area contributed by atoms with Crippen LogP contribution in [-0.4, -0.2) is 56.8 Å². The summed E-state index contributed by atoms with van der Waals surface area (Å²) < 4.78 is 31.4. The van der Waals surface area contributed by atoms with Gasteiger partial charge in [-0.3, -0.25) is 4.79 Å². The molecule has 0 heterocycles. The second-order valence-corrected chi connectivity index (χ2v) is 6.61. The molecule has 0 aliphatic rings. The van der Waals surface area contributed by atoms with Crippen molar-refractivity contribution >= 4 is 15.9 Å². The van der Waals surface area contributed by atoms with Crippen molar-refractivity contribution in [1.82, 2.24) is 9.21 Å². The van der Waals surface area contributed by atoms with Crippen LogP contribution in [0.2, 0.25) is 0 Å². The van der Waals surface area contributed by atoms with Crippen LogP contribution in [-0.2, 0) is 14.8 Å². The van der Waals surface area contributed by atoms with Gasteiger partial charge < -0.3 is 9.64 Å². The van der Waals surface area contributed by atoms with E-state index < -0.39 is 10.0 Å². The quantitative estimate of drug-likeness (QED) is 0.726. The van der Waals surface area contributed by atoms with Crippen LogP contribution < -0.4 is 4.74 Å². The average molecular weight is 328 g/mol. The molecule has 0 aliphatic heterocycles. The summed E-state index contributed by atoms with van der Waals surface area (Å²) in [6.07, 6.45) is 0. The first-order chi connectivity index (χ1) is 10.4. The first-order valence-electron chi connectivity index (χ1n) is 7.32. The summed E-state index contributed by atoms with van der Waals surface area (Å²) in [6.45, 7) is 6.68. The Morgan fingerprint density at radius 3 is 2.00 bits per heavy atom. The molecule has 1 aromatic carbocycles. The molecule has 0 unspecified atom stereocenters. The molecular weight excluding hydrogens is 304 g/mol. The van der Waals surface area contributed by atoms with Crippen molar-refractivity contribution in [1.29, 1.82) is 0 Å². The Morgan fingerprint density at radius 2 is 1.59 bits per heavy atom. The molecule has 0 aliphatic carbocycles. The third-order valence-corrected chi connectivity index (χ3v) is 5.41. The zero-order valence-corrected chi connectivity index (χ0v) is 14.4. The molecule has 22 heavy (non-hydrogen) atoms. The maximum absolute atomic E-state index is 12.6. The first kappa shape index (κ1) is 18.4. The minimum Gasteiger partial charge on any atom is -0.497 e. The Balaban J connectivity index is 2.98. The van der Waals surface area contributed by atoms with Crippen molar-refractivity contribution in [3.05, 3.63) is 24.3 Å². The third-order valence-electron chi connectivity index (χ3n) is 3.48. The van der Waals surface area contributed by atoms with Gasteiger partial charge in [0.05, 0.1) is 18.6 Å². The summed E-state index contributed by atoms with van der Waals surface area (Å²) in [6, 6.07) is 6.15. The topological polar surface area (TPSA) is 66.9 Å². The van der Waals surface area contributed by atoms with Crippen molar-refractivity contribution in [2.24, 2.45) is 0 Å². The molecule has 1 aromatic rings. The molecule has 0 radical (unpaired) electrons. The van der Waals surface area contributed by atoms with Crippen molar-refractivity contribution in [3.63, 3.8) is 0 Å². The van der Waals surface area contributed by atoms with Crippen LogP contribution >= 0.6 is 0 Å². The Labute approximate surface area is 132 Å². The monoisotopic (exact) mass is 328 g/mol. The van der Waals surface area contributed by atoms with E-state index in [1.54, 1.807) is 24.0 Å². The second-order valence-electron chi connectivity index (χ2n) is 4.67. The molecule has 0 saturated heterocycles. The van der Waals surface area contributed by atoms with Crippen LogP contribution in [0.5, 0.6) is 5.75 Å². The lowest BCUT2D eigenvalue weighted by Crippen LogP contribution is -2.42. The van der Waals surface area contributed by atoms with E-state index in [1.165, 1.54) is 23.5 Å². The molecule has 1 amide bonds. The van der Waals surface area contributed by atoms with Gasteiger partial charge in [-0.25, -0.2) is 8.42 Å². The number of amides is 1. The van der Waals surface area contributed by atoms with E-state index in [0.717, 1.165) is 0 Å². The van der Waals surface area contributed by atoms with Crippen LogP contribution in [0.25, 0.3) is 0 Å². The number of nitrogens with zero attached hydrogens (tertiary/aromatic N) is 2. The van der Waals surface area contributed by atoms with Gasteiger partial charge in [0.2, 0.25) is 15.9 Å². The van der Waals surface area contributed by atoms with Gasteiger partial charge in [-0.05, 0) is 38.1 Å². The van der Waals surface area contributed by atoms with Gasteiger partial charge >= 0.3 is 0 Å². The highest BCUT2D eigenvalue weighted by atomic mass is 32.2. The highest BCUT2D eigenvalue weighted by molar-refractivity contribution is 7.89. The SMILES string of the molecule is CCN(CC)C(=O)CN(CC)S(=O)(=O)c1ccc(OC)cc1. The van der Waals surface area contributed by atoms with Crippen LogP contribution in [0.15, 0.2) is 29.2 Å². The van der Waals surface area contributed by atoms with Crippen LogP contribution in [0.4, 0.5) is 0 Å². The van der Waals surface area contributed by atoms with E-state index in [9.17, 15) is 13.2 Å². The van der Waals surface area contributed by atoms with Crippen molar-refractivity contribution in [2.75, 3.05) is 33.3 Å². The van der Waals surface area contributed by atoms with Gasteiger partial charge in [0.25, 0.3) is 0 Å². The van der Waals surface area contributed by atoms with E-state index in [1.807, 2.05) is 13.8 Å². The average Bonchev–Trinajstić information content (AvgIpc) is 2.53. The fourth-order valence-corrected chi connectivity index (χ4v) is 3.49. The number of methoxy groups -OCH3 is 1. The molecule has 7 heteroatoms. The molecule has 1 rings (SSSR count). The number of hydrogen-bond acceptors (Lipinski definition) is 4. The maximum Gasteiger partial charge on any atom is 0.243 e. The Kier molecular flexibility index (Phi) is 6.83. The number of carbonyl (C=O) groups excluding carboxylic acids is 1. The molecule has 6 nitrogen and oxygen atoms in total. The highest BCUT2D eigenvalue weighted by Crippen LogP contribution is 2.19. The van der Waals surface area contributed by atoms with Crippen molar-refractivity contribution in [2.45, 2.75) is 25.7 Å². The Morgan fingerprint density at radius 1 is 1.05 bits per heavy atom. The lowest BCUT2D eigenvalue weighted by Gasteiger charge is -2.24. The number of hydrogen-bond donors (Lipinski definition) is 0. The Hall–Kier alpha value is -1.60. The van der Waals surface area contributed by atoms with E-state index >= 15 is 0 Å². The van der Waals surface area contributed by atoms with E-state index in [2.05, 4.69) is 0 Å². The zero-order chi connectivity index (χ0) is 16.8. The number of likely N-dealkylation sites (N-methyl/N-ethyl adjacent to an activating group) is 2. The van der Waals surface area contributed by atoms with Crippen LogP contribution in [0.1, 0.15) is 20.8 Å². The number of rotatable bonds is 8. The second kappa shape index (κ2) is 8.14. The summed E-state index contributed by atoms with van der Waals surface area (Å²) in [5.41, 5.74) is 0. The Bertz CT molecular complexity index is 580. The largest absolute Gasteiger partial charge is 0.497 e. The van der Waals surface area contributed by atoms with Gasteiger partial charge in [0, 0.05) is 19.6 Å². The lowest BCUT2D eigenvalue weighted by molar-refractivity contribution is -0.131. The standard InChI is InChI=1S/C15H24N2O4S/c1-5-16(6-2)15(18)12-17(7-3)22(19,20)14-10-8-13(21-4)9-11-14/h8-11H,5-7,12H2,1-4H3. The van der Waals surface area contributed by atoms with Crippen LogP contribution in [0.3, 0.4) is 0 Å². The molecular formula is C15H24N2O4S. The molecule has 0 spiro atoms. The van der Waals surface area contributed by atoms with Crippen LogP contribution in [0, 0.1) is 0 Å². The molecule has 0 saturated carbocycles. The zero-order valence-electron chi connectivity index (χ0n) is 13.6. The van der Waals surface area contributed by atoms with Gasteiger partial charge in [0.15, 0.2) is 0 Å². The normalized spacial score (nSPS) is 11.5. The summed E-state index contributed by atoms with van der Waals surface area (Å²) >= 11 is 0. The van der Waals surface area contributed by atoms with Gasteiger partial charge in [-0.15, -0.1) is 0 Å². The molecule has 0 atom stereocenters. The summed E-state index contributed by atoms with van der Waals surface area (Å²) in [5.74, 6) is 0.394. The summed E-state index contributed by atoms with van der Waals surface area (Å²) in [7, 11) is -2.17. The number of benzene rings is 1. The van der Waals surface area contributed by atoms with Crippen molar-refractivity contribution in [3.8, 4) is 5.75 Å². The summed E-state index contributed by atoms with van der Waals surface area (Å²) in [4.78, 5) is 13.9. The first-order valence-corrected chi connectivity index (χ1v) is 8.76. The van der Waals surface area contributed by atoms with Gasteiger partial charge in [-0.2, -0.15) is 4.31 Å². The third kappa shape index (κ3) is 4.20. The fraction of sp³-hybridized carbons (Fsp3) is 0.533. The van der Waals surface area contributed by atoms with Gasteiger partial charge in [0.1, 0.15) is 5.75 Å². The smallest absolute Gasteiger partial charge is 0.243 e. The number of carbonyl (C=O) groups is 1. The fourth-order valence-electron chi connectivity index (χ4n) is 2.09. The molecule has 0 fully saturated rings. The molecule has 0 bridgehead atoms. The van der Waals surface area contributed by atoms with Gasteiger partial charge in [-0.1, -0.05) is 6.92 Å². The predicted octanol–water partition coefficient (Wildman–Crippen LogP) is 1.57. The lowest BCUT2D eigenvalue weighted by atomic mass is 10.3. The maximum atomic E-state index is 12.6. The van der Waals surface area contributed by atoms with E-state index in [-0.39, 0.29) is 23.9 Å². The molecule has 0 aromatic heterocycles.